The van der Waals surface area contributed by atoms with Crippen LogP contribution in [0.15, 0.2) is 6.33 Å². The molecular formula is C16H17N3S2. The fourth-order valence-electron chi connectivity index (χ4n) is 3.36. The number of H-pyrrole nitrogens is 1. The van der Waals surface area contributed by atoms with Gasteiger partial charge in [-0.25, -0.2) is 9.97 Å². The Labute approximate surface area is 132 Å². The van der Waals surface area contributed by atoms with Gasteiger partial charge in [0.15, 0.2) is 0 Å². The zero-order chi connectivity index (χ0) is 14.6. The van der Waals surface area contributed by atoms with Crippen LogP contribution in [-0.4, -0.2) is 15.0 Å². The molecule has 5 heteroatoms. The minimum atomic E-state index is 0.636. The van der Waals surface area contributed by atoms with Gasteiger partial charge in [0, 0.05) is 11.1 Å². The number of aromatic amines is 1. The summed E-state index contributed by atoms with van der Waals surface area (Å²) in [7, 11) is 0. The van der Waals surface area contributed by atoms with Gasteiger partial charge in [-0.2, -0.15) is 0 Å². The van der Waals surface area contributed by atoms with Crippen molar-refractivity contribution in [3.05, 3.63) is 27.8 Å². The van der Waals surface area contributed by atoms with Crippen molar-refractivity contribution in [1.29, 1.82) is 0 Å². The van der Waals surface area contributed by atoms with Gasteiger partial charge >= 0.3 is 0 Å². The van der Waals surface area contributed by atoms with E-state index in [1.54, 1.807) is 17.7 Å². The molecule has 0 fully saturated rings. The molecule has 0 radical (unpaired) electrons. The van der Waals surface area contributed by atoms with Gasteiger partial charge in [-0.3, -0.25) is 0 Å². The average molecular weight is 315 g/mol. The number of hydrogen-bond donors (Lipinski definition) is 1. The van der Waals surface area contributed by atoms with E-state index in [-0.39, 0.29) is 0 Å². The summed E-state index contributed by atoms with van der Waals surface area (Å²) < 4.78 is 1.76. The highest BCUT2D eigenvalue weighted by Crippen LogP contribution is 2.39. The fraction of sp³-hybridized carbons (Fsp3) is 0.438. The molecule has 3 heterocycles. The Morgan fingerprint density at radius 1 is 1.33 bits per heavy atom. The average Bonchev–Trinajstić information content (AvgIpc) is 3.02. The monoisotopic (exact) mass is 315 g/mol. The molecule has 4 rings (SSSR count). The molecule has 0 saturated heterocycles. The van der Waals surface area contributed by atoms with Crippen molar-refractivity contribution in [3.8, 4) is 0 Å². The van der Waals surface area contributed by atoms with Crippen LogP contribution >= 0.6 is 23.6 Å². The van der Waals surface area contributed by atoms with Gasteiger partial charge in [-0.15, -0.1) is 11.3 Å². The van der Waals surface area contributed by atoms with E-state index in [2.05, 4.69) is 23.8 Å². The van der Waals surface area contributed by atoms with Crippen molar-refractivity contribution in [1.82, 2.24) is 15.0 Å². The molecule has 3 aromatic heterocycles. The maximum Gasteiger partial charge on any atom is 0.147 e. The van der Waals surface area contributed by atoms with Crippen LogP contribution in [0.3, 0.4) is 0 Å². The lowest BCUT2D eigenvalue weighted by molar-refractivity contribution is 0.632. The van der Waals surface area contributed by atoms with Crippen LogP contribution in [0.1, 0.15) is 37.1 Å². The Morgan fingerprint density at radius 2 is 2.14 bits per heavy atom. The second-order valence-corrected chi connectivity index (χ2v) is 7.55. The molecule has 0 bridgehead atoms. The van der Waals surface area contributed by atoms with Gasteiger partial charge in [-0.1, -0.05) is 26.1 Å². The SMILES string of the molecule is CC(C)Cc1nc2sc3c(=S)nc[nH]c3c2c2c1CCC2. The summed E-state index contributed by atoms with van der Waals surface area (Å²) in [5.74, 6) is 0.636. The molecule has 3 aromatic rings. The second-order valence-electron chi connectivity index (χ2n) is 6.16. The molecule has 108 valence electrons. The quantitative estimate of drug-likeness (QED) is 0.703. The van der Waals surface area contributed by atoms with Crippen molar-refractivity contribution in [2.24, 2.45) is 5.92 Å². The highest BCUT2D eigenvalue weighted by Gasteiger charge is 2.23. The minimum Gasteiger partial charge on any atom is -0.344 e. The van der Waals surface area contributed by atoms with Gasteiger partial charge < -0.3 is 4.98 Å². The van der Waals surface area contributed by atoms with Crippen molar-refractivity contribution in [2.75, 3.05) is 0 Å². The largest absolute Gasteiger partial charge is 0.344 e. The standard InChI is InChI=1S/C16H17N3S2/c1-8(2)6-11-9-4-3-5-10(9)12-13-14(21-16(12)19-11)15(20)18-7-17-13/h7-8H,3-6H2,1-2H3,(H,17,18,20). The zero-order valence-electron chi connectivity index (χ0n) is 12.2. The first-order chi connectivity index (χ1) is 10.1. The molecule has 1 N–H and O–H groups in total. The Bertz CT molecular complexity index is 905. The molecule has 0 aromatic carbocycles. The van der Waals surface area contributed by atoms with Crippen LogP contribution in [0, 0.1) is 10.6 Å². The number of pyridine rings is 1. The summed E-state index contributed by atoms with van der Waals surface area (Å²) in [4.78, 5) is 13.6. The van der Waals surface area contributed by atoms with E-state index in [1.165, 1.54) is 35.0 Å². The molecule has 1 aliphatic rings. The van der Waals surface area contributed by atoms with Crippen molar-refractivity contribution in [3.63, 3.8) is 0 Å². The molecule has 3 nitrogen and oxygen atoms in total. The fourth-order valence-corrected chi connectivity index (χ4v) is 4.72. The lowest BCUT2D eigenvalue weighted by Gasteiger charge is -2.11. The van der Waals surface area contributed by atoms with Crippen molar-refractivity contribution in [2.45, 2.75) is 39.5 Å². The van der Waals surface area contributed by atoms with Crippen molar-refractivity contribution < 1.29 is 0 Å². The Kier molecular flexibility index (Phi) is 3.08. The van der Waals surface area contributed by atoms with Crippen LogP contribution in [0.4, 0.5) is 0 Å². The van der Waals surface area contributed by atoms with E-state index in [9.17, 15) is 0 Å². The Balaban J connectivity index is 2.12. The maximum absolute atomic E-state index is 5.38. The molecule has 1 aliphatic carbocycles. The highest BCUT2D eigenvalue weighted by atomic mass is 32.1. The van der Waals surface area contributed by atoms with E-state index in [0.717, 1.165) is 27.9 Å². The van der Waals surface area contributed by atoms with Gasteiger partial charge in [0.1, 0.15) is 9.47 Å². The van der Waals surface area contributed by atoms with Crippen LogP contribution in [-0.2, 0) is 19.3 Å². The summed E-state index contributed by atoms with van der Waals surface area (Å²) in [6.45, 7) is 4.52. The van der Waals surface area contributed by atoms with E-state index < -0.39 is 0 Å². The number of aromatic nitrogens is 3. The lowest BCUT2D eigenvalue weighted by Crippen LogP contribution is -2.02. The normalized spacial score (nSPS) is 14.4. The highest BCUT2D eigenvalue weighted by molar-refractivity contribution is 7.71. The van der Waals surface area contributed by atoms with Crippen LogP contribution in [0.25, 0.3) is 20.4 Å². The summed E-state index contributed by atoms with van der Waals surface area (Å²) in [5.41, 5.74) is 5.43. The number of nitrogens with zero attached hydrogens (tertiary/aromatic N) is 2. The van der Waals surface area contributed by atoms with Gasteiger partial charge in [-0.05, 0) is 42.7 Å². The topological polar surface area (TPSA) is 41.6 Å². The minimum absolute atomic E-state index is 0.636. The maximum atomic E-state index is 5.38. The summed E-state index contributed by atoms with van der Waals surface area (Å²) in [6.07, 6.45) is 6.34. The molecule has 0 amide bonds. The molecule has 0 aliphatic heterocycles. The van der Waals surface area contributed by atoms with Crippen LogP contribution in [0.5, 0.6) is 0 Å². The van der Waals surface area contributed by atoms with E-state index >= 15 is 0 Å². The molecule has 0 saturated carbocycles. The number of nitrogens with one attached hydrogen (secondary N) is 1. The zero-order valence-corrected chi connectivity index (χ0v) is 13.8. The van der Waals surface area contributed by atoms with Gasteiger partial charge in [0.25, 0.3) is 0 Å². The Hall–Kier alpha value is -1.33. The Morgan fingerprint density at radius 3 is 2.95 bits per heavy atom. The van der Waals surface area contributed by atoms with Gasteiger partial charge in [0.05, 0.1) is 16.5 Å². The lowest BCUT2D eigenvalue weighted by atomic mass is 9.99. The second kappa shape index (κ2) is 4.85. The number of rotatable bonds is 2. The van der Waals surface area contributed by atoms with E-state index in [4.69, 9.17) is 17.2 Å². The molecular weight excluding hydrogens is 298 g/mol. The van der Waals surface area contributed by atoms with Crippen LogP contribution < -0.4 is 0 Å². The number of fused-ring (bicyclic) bond motifs is 5. The molecule has 0 unspecified atom stereocenters. The summed E-state index contributed by atoms with van der Waals surface area (Å²) in [5, 5.41) is 1.29. The molecule has 0 atom stereocenters. The first-order valence-electron chi connectivity index (χ1n) is 7.45. The van der Waals surface area contributed by atoms with E-state index in [1.807, 2.05) is 0 Å². The molecule has 21 heavy (non-hydrogen) atoms. The third-order valence-electron chi connectivity index (χ3n) is 4.18. The predicted molar refractivity (Wildman–Crippen MR) is 90.7 cm³/mol. The summed E-state index contributed by atoms with van der Waals surface area (Å²) >= 11 is 7.06. The van der Waals surface area contributed by atoms with Crippen molar-refractivity contribution >= 4 is 44.0 Å². The smallest absolute Gasteiger partial charge is 0.147 e. The van der Waals surface area contributed by atoms with Gasteiger partial charge in [0.2, 0.25) is 0 Å². The third-order valence-corrected chi connectivity index (χ3v) is 5.71. The first kappa shape index (κ1) is 13.3. The first-order valence-corrected chi connectivity index (χ1v) is 8.68. The summed E-state index contributed by atoms with van der Waals surface area (Å²) in [6, 6.07) is 0. The number of hydrogen-bond acceptors (Lipinski definition) is 4. The number of aryl methyl sites for hydroxylation is 1. The molecule has 0 spiro atoms. The van der Waals surface area contributed by atoms with Crippen LogP contribution in [0.2, 0.25) is 0 Å². The van der Waals surface area contributed by atoms with E-state index in [0.29, 0.717) is 10.6 Å². The number of thiophene rings is 1. The third kappa shape index (κ3) is 2.02. The predicted octanol–water partition coefficient (Wildman–Crippen LogP) is 4.59.